The van der Waals surface area contributed by atoms with Crippen LogP contribution in [0.5, 0.6) is 5.75 Å². The number of para-hydroxylation sites is 1. The number of anilines is 1. The van der Waals surface area contributed by atoms with Crippen molar-refractivity contribution < 1.29 is 51.7 Å². The molecular formula is C35H44N5O11P. The van der Waals surface area contributed by atoms with Gasteiger partial charge in [-0.3, -0.25) is 18.9 Å². The normalized spacial score (nSPS) is 23.8. The van der Waals surface area contributed by atoms with Crippen LogP contribution < -0.4 is 15.3 Å². The van der Waals surface area contributed by atoms with Gasteiger partial charge in [0.2, 0.25) is 5.60 Å². The Labute approximate surface area is 301 Å². The van der Waals surface area contributed by atoms with E-state index in [2.05, 4.69) is 10.2 Å². The summed E-state index contributed by atoms with van der Waals surface area (Å²) in [7, 11) is -4.57. The number of nitrogens with one attached hydrogen (secondary N) is 1. The molecule has 17 heteroatoms. The van der Waals surface area contributed by atoms with E-state index in [0.717, 1.165) is 0 Å². The Balaban J connectivity index is 1.52. The van der Waals surface area contributed by atoms with Gasteiger partial charge in [-0.15, -0.1) is 0 Å². The number of rotatable bonds is 14. The fourth-order valence-corrected chi connectivity index (χ4v) is 7.10. The van der Waals surface area contributed by atoms with Crippen LogP contribution in [-0.4, -0.2) is 77.3 Å². The van der Waals surface area contributed by atoms with Crippen molar-refractivity contribution in [3.05, 3.63) is 60.4 Å². The van der Waals surface area contributed by atoms with Crippen molar-refractivity contribution in [1.82, 2.24) is 14.7 Å². The van der Waals surface area contributed by atoms with Crippen molar-refractivity contribution >= 4 is 36.9 Å². The summed E-state index contributed by atoms with van der Waals surface area (Å²) in [6.07, 6.45) is -2.18. The van der Waals surface area contributed by atoms with Gasteiger partial charge in [0.1, 0.15) is 36.7 Å². The molecule has 3 aromatic rings. The predicted molar refractivity (Wildman–Crippen MR) is 184 cm³/mol. The predicted octanol–water partition coefficient (Wildman–Crippen LogP) is 4.29. The second kappa shape index (κ2) is 16.4. The van der Waals surface area contributed by atoms with Crippen molar-refractivity contribution in [2.45, 2.75) is 83.5 Å². The zero-order chi connectivity index (χ0) is 37.6. The Morgan fingerprint density at radius 2 is 1.67 bits per heavy atom. The van der Waals surface area contributed by atoms with Crippen molar-refractivity contribution in [2.75, 3.05) is 25.6 Å². The number of nitrogens with zero attached hydrogens (tertiary/aromatic N) is 3. The number of aromatic nitrogens is 2. The molecule has 0 bridgehead atoms. The first-order chi connectivity index (χ1) is 24.8. The minimum atomic E-state index is -4.57. The van der Waals surface area contributed by atoms with Crippen LogP contribution in [0.1, 0.15) is 59.3 Å². The number of hydrogen-bond acceptors (Lipinski definition) is 14. The number of benzene rings is 1. The Bertz CT molecular complexity index is 1820. The summed E-state index contributed by atoms with van der Waals surface area (Å²) in [6.45, 7) is 7.89. The van der Waals surface area contributed by atoms with Gasteiger partial charge in [0.25, 0.3) is 0 Å². The summed E-state index contributed by atoms with van der Waals surface area (Å²) in [5.74, 6) is -3.26. The lowest BCUT2D eigenvalue weighted by atomic mass is 9.95. The van der Waals surface area contributed by atoms with E-state index in [1.165, 1.54) is 29.8 Å². The summed E-state index contributed by atoms with van der Waals surface area (Å²) in [4.78, 5) is 39.4. The molecule has 52 heavy (non-hydrogen) atoms. The molecule has 2 aromatic heterocycles. The van der Waals surface area contributed by atoms with Crippen molar-refractivity contribution in [2.24, 2.45) is 11.8 Å². The van der Waals surface area contributed by atoms with E-state index in [4.69, 9.17) is 38.5 Å². The molecule has 16 nitrogen and oxygen atoms in total. The van der Waals surface area contributed by atoms with Crippen LogP contribution in [0.2, 0.25) is 0 Å². The zero-order valence-corrected chi connectivity index (χ0v) is 30.5. The monoisotopic (exact) mass is 741 g/mol. The number of nitrogen functional groups attached to an aromatic ring is 1. The van der Waals surface area contributed by atoms with Crippen LogP contribution in [0.3, 0.4) is 0 Å². The van der Waals surface area contributed by atoms with E-state index >= 15 is 0 Å². The fourth-order valence-electron chi connectivity index (χ4n) is 5.58. The molecule has 0 amide bonds. The minimum absolute atomic E-state index is 0.120. The summed E-state index contributed by atoms with van der Waals surface area (Å²) in [6, 6.07) is 13.8. The summed E-state index contributed by atoms with van der Waals surface area (Å²) in [5.41, 5.74) is 5.15. The SMILES string of the molecule is CC(C)C(=O)O[C@H]1[C@H](c2ccc3c(N)ccnn23)O[C@](C#N)(COP(=O)(N[C@@H](C)C(=O)OC2CCOCC2)Oc2ccccc2)[C@H]1OC(=O)C(C)C. The van der Waals surface area contributed by atoms with Gasteiger partial charge in [0, 0.05) is 19.0 Å². The van der Waals surface area contributed by atoms with Crippen LogP contribution in [0.15, 0.2) is 54.7 Å². The second-order valence-corrected chi connectivity index (χ2v) is 14.9. The standard InChI is InChI=1S/C35H44N5O11P/c1-21(2)32(41)48-30-29(28-12-11-27-26(37)13-16-38-40(27)28)50-35(19-36,31(30)49-33(42)22(3)4)20-46-52(44,51-25-9-7-6-8-10-25)39-23(5)34(43)47-24-14-17-45-18-15-24/h6-13,16,21-24,29-31H,14-15,17-18,20,37H2,1-5H3,(H,39,44)/t23-,29-,30-,31-,35+,52?/m0/s1. The highest BCUT2D eigenvalue weighted by Crippen LogP contribution is 2.50. The average Bonchev–Trinajstić information content (AvgIpc) is 3.68. The maximum atomic E-state index is 14.5. The molecular weight excluding hydrogens is 697 g/mol. The molecule has 2 aliphatic rings. The van der Waals surface area contributed by atoms with E-state index in [1.807, 2.05) is 6.07 Å². The summed E-state index contributed by atoms with van der Waals surface area (Å²) in [5, 5.41) is 17.8. The maximum absolute atomic E-state index is 14.5. The van der Waals surface area contributed by atoms with Crippen LogP contribution >= 0.6 is 7.75 Å². The first-order valence-corrected chi connectivity index (χ1v) is 18.6. The minimum Gasteiger partial charge on any atom is -0.461 e. The number of carbonyl (C=O) groups is 3. The van der Waals surface area contributed by atoms with E-state index in [1.54, 1.807) is 64.1 Å². The molecule has 5 rings (SSSR count). The van der Waals surface area contributed by atoms with Crippen LogP contribution in [-0.2, 0) is 47.2 Å². The number of fused-ring (bicyclic) bond motifs is 1. The molecule has 0 spiro atoms. The molecule has 0 radical (unpaired) electrons. The summed E-state index contributed by atoms with van der Waals surface area (Å²) >= 11 is 0. The second-order valence-electron chi connectivity index (χ2n) is 13.2. The molecule has 4 heterocycles. The van der Waals surface area contributed by atoms with Crippen LogP contribution in [0.4, 0.5) is 5.69 Å². The molecule has 280 valence electrons. The van der Waals surface area contributed by atoms with E-state index in [-0.39, 0.29) is 11.9 Å². The van der Waals surface area contributed by atoms with Gasteiger partial charge in [-0.25, -0.2) is 9.08 Å². The molecule has 0 aliphatic carbocycles. The molecule has 3 N–H and O–H groups in total. The molecule has 2 fully saturated rings. The Kier molecular flexibility index (Phi) is 12.2. The Hall–Kier alpha value is -4.52. The number of hydrogen-bond donors (Lipinski definition) is 2. The van der Waals surface area contributed by atoms with E-state index in [0.29, 0.717) is 43.0 Å². The van der Waals surface area contributed by atoms with Gasteiger partial charge in [-0.05, 0) is 37.3 Å². The van der Waals surface area contributed by atoms with Crippen molar-refractivity contribution in [3.8, 4) is 11.8 Å². The largest absolute Gasteiger partial charge is 0.461 e. The Morgan fingerprint density at radius 3 is 2.33 bits per heavy atom. The molecule has 1 aromatic carbocycles. The number of nitriles is 1. The molecule has 2 saturated heterocycles. The van der Waals surface area contributed by atoms with E-state index < -0.39 is 74.1 Å². The third-order valence-electron chi connectivity index (χ3n) is 8.50. The number of ether oxygens (including phenoxy) is 5. The quantitative estimate of drug-likeness (QED) is 0.134. The third-order valence-corrected chi connectivity index (χ3v) is 10.1. The fraction of sp³-hybridized carbons (Fsp3) is 0.514. The molecule has 1 unspecified atom stereocenters. The number of carbonyl (C=O) groups excluding carboxylic acids is 3. The zero-order valence-electron chi connectivity index (χ0n) is 29.6. The van der Waals surface area contributed by atoms with Gasteiger partial charge in [-0.1, -0.05) is 45.9 Å². The van der Waals surface area contributed by atoms with Crippen LogP contribution in [0.25, 0.3) is 5.52 Å². The first-order valence-electron chi connectivity index (χ1n) is 17.0. The lowest BCUT2D eigenvalue weighted by molar-refractivity contribution is -0.173. The van der Waals surface area contributed by atoms with Crippen LogP contribution in [0, 0.1) is 23.2 Å². The molecule has 6 atom stereocenters. The van der Waals surface area contributed by atoms with E-state index in [9.17, 15) is 24.2 Å². The average molecular weight is 742 g/mol. The molecule has 2 aliphatic heterocycles. The van der Waals surface area contributed by atoms with Gasteiger partial charge in [0.15, 0.2) is 12.2 Å². The van der Waals surface area contributed by atoms with Gasteiger partial charge >= 0.3 is 25.7 Å². The number of nitrogens with two attached hydrogens (primary N) is 1. The third kappa shape index (κ3) is 8.74. The first kappa shape index (κ1) is 38.7. The highest BCUT2D eigenvalue weighted by Gasteiger charge is 2.62. The molecule has 0 saturated carbocycles. The summed E-state index contributed by atoms with van der Waals surface area (Å²) < 4.78 is 56.9. The van der Waals surface area contributed by atoms with Crippen molar-refractivity contribution in [3.63, 3.8) is 0 Å². The van der Waals surface area contributed by atoms with Gasteiger partial charge < -0.3 is 33.9 Å². The van der Waals surface area contributed by atoms with Crippen molar-refractivity contribution in [1.29, 1.82) is 5.26 Å². The smallest absolute Gasteiger partial charge is 0.459 e. The van der Waals surface area contributed by atoms with Gasteiger partial charge in [-0.2, -0.15) is 15.4 Å². The number of esters is 3. The lowest BCUT2D eigenvalue weighted by Crippen LogP contribution is -2.50. The van der Waals surface area contributed by atoms with Gasteiger partial charge in [0.05, 0.1) is 41.9 Å². The highest BCUT2D eigenvalue weighted by atomic mass is 31.2. The highest BCUT2D eigenvalue weighted by molar-refractivity contribution is 7.52. The Morgan fingerprint density at radius 1 is 1.00 bits per heavy atom. The maximum Gasteiger partial charge on any atom is 0.459 e. The lowest BCUT2D eigenvalue weighted by Gasteiger charge is -2.31. The topological polar surface area (TPSA) is 212 Å².